The Bertz CT molecular complexity index is 653. The molecule has 1 unspecified atom stereocenters. The number of nitrogens with one attached hydrogen (secondary N) is 1. The van der Waals surface area contributed by atoms with Crippen LogP contribution in [0.3, 0.4) is 0 Å². The van der Waals surface area contributed by atoms with E-state index in [0.717, 1.165) is 24.1 Å². The van der Waals surface area contributed by atoms with Crippen molar-refractivity contribution in [2.75, 3.05) is 11.4 Å². The Morgan fingerprint density at radius 1 is 1.40 bits per heavy atom. The molecule has 1 aromatic rings. The standard InChI is InChI=1S/C21H30N2O2/c1-7-18(15(2)3)22-14-17-11-8-10-16-12-9-13-23(19(16)17)20(24)25-21(4,5)6/h1,8,10-11,15,18,22H,9,12-14H2,2-6H3. The topological polar surface area (TPSA) is 41.6 Å². The van der Waals surface area contributed by atoms with Crippen LogP contribution in [0, 0.1) is 18.3 Å². The van der Waals surface area contributed by atoms with Crippen molar-refractivity contribution in [1.29, 1.82) is 0 Å². The highest BCUT2D eigenvalue weighted by molar-refractivity contribution is 5.90. The average molecular weight is 342 g/mol. The zero-order chi connectivity index (χ0) is 18.6. The predicted octanol–water partition coefficient (Wildman–Crippen LogP) is 4.12. The van der Waals surface area contributed by atoms with E-state index in [0.29, 0.717) is 19.0 Å². The van der Waals surface area contributed by atoms with Crippen LogP contribution in [0.5, 0.6) is 0 Å². The summed E-state index contributed by atoms with van der Waals surface area (Å²) < 4.78 is 5.61. The molecular weight excluding hydrogens is 312 g/mol. The number of nitrogens with zero attached hydrogens (tertiary/aromatic N) is 1. The molecule has 4 heteroatoms. The molecule has 1 atom stereocenters. The Labute approximate surface area is 151 Å². The lowest BCUT2D eigenvalue weighted by Crippen LogP contribution is -2.41. The van der Waals surface area contributed by atoms with Gasteiger partial charge >= 0.3 is 6.09 Å². The minimum atomic E-state index is -0.506. The van der Waals surface area contributed by atoms with E-state index < -0.39 is 5.60 Å². The van der Waals surface area contributed by atoms with Crippen molar-refractivity contribution in [3.8, 4) is 12.3 Å². The van der Waals surface area contributed by atoms with E-state index in [-0.39, 0.29) is 12.1 Å². The number of hydrogen-bond donors (Lipinski definition) is 1. The van der Waals surface area contributed by atoms with E-state index in [1.807, 2.05) is 20.8 Å². The largest absolute Gasteiger partial charge is 0.443 e. The number of carbonyl (C=O) groups excluding carboxylic acids is 1. The van der Waals surface area contributed by atoms with Crippen molar-refractivity contribution >= 4 is 11.8 Å². The number of benzene rings is 1. The van der Waals surface area contributed by atoms with Crippen LogP contribution in [0.1, 0.15) is 52.2 Å². The second-order valence-corrected chi connectivity index (χ2v) is 7.93. The van der Waals surface area contributed by atoms with Crippen LogP contribution < -0.4 is 10.2 Å². The van der Waals surface area contributed by atoms with Gasteiger partial charge < -0.3 is 4.74 Å². The van der Waals surface area contributed by atoms with Crippen molar-refractivity contribution in [3.63, 3.8) is 0 Å². The van der Waals surface area contributed by atoms with E-state index in [9.17, 15) is 4.79 Å². The van der Waals surface area contributed by atoms with E-state index >= 15 is 0 Å². The van der Waals surface area contributed by atoms with Gasteiger partial charge in [-0.3, -0.25) is 10.2 Å². The molecule has 1 aliphatic heterocycles. The molecule has 1 heterocycles. The fourth-order valence-corrected chi connectivity index (χ4v) is 3.08. The van der Waals surface area contributed by atoms with Crippen LogP contribution in [-0.4, -0.2) is 24.3 Å². The van der Waals surface area contributed by atoms with Crippen molar-refractivity contribution < 1.29 is 9.53 Å². The summed E-state index contributed by atoms with van der Waals surface area (Å²) in [6.07, 6.45) is 7.27. The number of fused-ring (bicyclic) bond motifs is 1. The average Bonchev–Trinajstić information content (AvgIpc) is 2.53. The van der Waals surface area contributed by atoms with Gasteiger partial charge in [-0.2, -0.15) is 0 Å². The first-order valence-corrected chi connectivity index (χ1v) is 9.03. The molecule has 25 heavy (non-hydrogen) atoms. The molecule has 0 radical (unpaired) electrons. The summed E-state index contributed by atoms with van der Waals surface area (Å²) in [4.78, 5) is 14.5. The predicted molar refractivity (Wildman–Crippen MR) is 103 cm³/mol. The maximum absolute atomic E-state index is 12.7. The first-order chi connectivity index (χ1) is 11.7. The highest BCUT2D eigenvalue weighted by Gasteiger charge is 2.29. The first kappa shape index (κ1) is 19.3. The lowest BCUT2D eigenvalue weighted by Gasteiger charge is -2.33. The Morgan fingerprint density at radius 2 is 2.12 bits per heavy atom. The van der Waals surface area contributed by atoms with Crippen LogP contribution in [0.2, 0.25) is 0 Å². The molecule has 4 nitrogen and oxygen atoms in total. The van der Waals surface area contributed by atoms with Gasteiger partial charge in [0.05, 0.1) is 11.7 Å². The van der Waals surface area contributed by atoms with Crippen molar-refractivity contribution in [3.05, 3.63) is 29.3 Å². The molecule has 0 saturated carbocycles. The molecule has 2 rings (SSSR count). The van der Waals surface area contributed by atoms with Crippen LogP contribution in [0.4, 0.5) is 10.5 Å². The molecule has 1 aromatic carbocycles. The number of carbonyl (C=O) groups is 1. The summed E-state index contributed by atoms with van der Waals surface area (Å²) in [6.45, 7) is 11.2. The van der Waals surface area contributed by atoms with Gasteiger partial charge in [-0.05, 0) is 50.7 Å². The number of amides is 1. The Balaban J connectivity index is 2.27. The molecule has 1 N–H and O–H groups in total. The number of aryl methyl sites for hydroxylation is 1. The van der Waals surface area contributed by atoms with Crippen LogP contribution in [-0.2, 0) is 17.7 Å². The van der Waals surface area contributed by atoms with E-state index in [1.165, 1.54) is 5.56 Å². The molecule has 136 valence electrons. The summed E-state index contributed by atoms with van der Waals surface area (Å²) in [5.74, 6) is 3.15. The lowest BCUT2D eigenvalue weighted by atomic mass is 9.97. The van der Waals surface area contributed by atoms with Gasteiger partial charge in [0.2, 0.25) is 0 Å². The number of hydrogen-bond acceptors (Lipinski definition) is 3. The highest BCUT2D eigenvalue weighted by Crippen LogP contribution is 2.32. The number of terminal acetylenes is 1. The van der Waals surface area contributed by atoms with Gasteiger partial charge in [0.1, 0.15) is 5.60 Å². The minimum absolute atomic E-state index is 0.00873. The van der Waals surface area contributed by atoms with Gasteiger partial charge in [-0.15, -0.1) is 6.42 Å². The first-order valence-electron chi connectivity index (χ1n) is 9.03. The number of anilines is 1. The smallest absolute Gasteiger partial charge is 0.414 e. The summed E-state index contributed by atoms with van der Waals surface area (Å²) in [5.41, 5.74) is 2.76. The molecular formula is C21H30N2O2. The maximum Gasteiger partial charge on any atom is 0.414 e. The summed E-state index contributed by atoms with van der Waals surface area (Å²) in [5, 5.41) is 3.43. The van der Waals surface area contributed by atoms with Gasteiger partial charge in [-0.25, -0.2) is 4.79 Å². The summed E-state index contributed by atoms with van der Waals surface area (Å²) in [6, 6.07) is 6.21. The van der Waals surface area contributed by atoms with Gasteiger partial charge in [-0.1, -0.05) is 38.0 Å². The van der Waals surface area contributed by atoms with E-state index in [2.05, 4.69) is 43.3 Å². The van der Waals surface area contributed by atoms with Gasteiger partial charge in [0, 0.05) is 13.1 Å². The highest BCUT2D eigenvalue weighted by atomic mass is 16.6. The quantitative estimate of drug-likeness (QED) is 0.837. The third kappa shape index (κ3) is 4.99. The zero-order valence-electron chi connectivity index (χ0n) is 16.1. The third-order valence-corrected chi connectivity index (χ3v) is 4.27. The van der Waals surface area contributed by atoms with Crippen molar-refractivity contribution in [2.45, 2.75) is 65.6 Å². The number of para-hydroxylation sites is 1. The fourth-order valence-electron chi connectivity index (χ4n) is 3.08. The second-order valence-electron chi connectivity index (χ2n) is 7.93. The summed E-state index contributed by atoms with van der Waals surface area (Å²) >= 11 is 0. The van der Waals surface area contributed by atoms with Crippen molar-refractivity contribution in [1.82, 2.24) is 5.32 Å². The number of rotatable bonds is 4. The number of ether oxygens (including phenoxy) is 1. The van der Waals surface area contributed by atoms with Crippen LogP contribution >= 0.6 is 0 Å². The molecule has 1 aliphatic rings. The third-order valence-electron chi connectivity index (χ3n) is 4.27. The molecule has 0 aliphatic carbocycles. The van der Waals surface area contributed by atoms with E-state index in [4.69, 9.17) is 11.2 Å². The molecule has 0 aromatic heterocycles. The Morgan fingerprint density at radius 3 is 2.72 bits per heavy atom. The maximum atomic E-state index is 12.7. The normalized spacial score (nSPS) is 15.5. The Hall–Kier alpha value is -1.99. The molecule has 0 fully saturated rings. The Kier molecular flexibility index (Phi) is 6.13. The minimum Gasteiger partial charge on any atom is -0.443 e. The van der Waals surface area contributed by atoms with Gasteiger partial charge in [0.15, 0.2) is 0 Å². The van der Waals surface area contributed by atoms with Gasteiger partial charge in [0.25, 0.3) is 0 Å². The van der Waals surface area contributed by atoms with Crippen molar-refractivity contribution in [2.24, 2.45) is 5.92 Å². The molecule has 0 bridgehead atoms. The fraction of sp³-hybridized carbons (Fsp3) is 0.571. The second kappa shape index (κ2) is 7.93. The van der Waals surface area contributed by atoms with E-state index in [1.54, 1.807) is 4.90 Å². The molecule has 1 amide bonds. The lowest BCUT2D eigenvalue weighted by molar-refractivity contribution is 0.0577. The zero-order valence-corrected chi connectivity index (χ0v) is 16.1. The monoisotopic (exact) mass is 342 g/mol. The van der Waals surface area contributed by atoms with Crippen LogP contribution in [0.25, 0.3) is 0 Å². The molecule has 0 saturated heterocycles. The van der Waals surface area contributed by atoms with Crippen LogP contribution in [0.15, 0.2) is 18.2 Å². The SMILES string of the molecule is C#CC(NCc1cccc2c1N(C(=O)OC(C)(C)C)CCC2)C(C)C. The summed E-state index contributed by atoms with van der Waals surface area (Å²) in [7, 11) is 0. The molecule has 0 spiro atoms.